The fraction of sp³-hybridized carbons (Fsp3) is 0.529. The first-order valence-electron chi connectivity index (χ1n) is 8.07. The number of hydrogen-bond acceptors (Lipinski definition) is 6. The first kappa shape index (κ1) is 17.8. The van der Waals surface area contributed by atoms with E-state index >= 15 is 0 Å². The quantitative estimate of drug-likeness (QED) is 0.817. The van der Waals surface area contributed by atoms with Crippen LogP contribution in [0.2, 0.25) is 0 Å². The summed E-state index contributed by atoms with van der Waals surface area (Å²) in [5.41, 5.74) is -2.17. The minimum absolute atomic E-state index is 0.0469. The van der Waals surface area contributed by atoms with Gasteiger partial charge in [0, 0.05) is 5.41 Å². The number of ether oxygens (including phenoxy) is 3. The van der Waals surface area contributed by atoms with Gasteiger partial charge in [-0.1, -0.05) is 13.8 Å². The number of aliphatic hydroxyl groups is 1. The van der Waals surface area contributed by atoms with E-state index in [9.17, 15) is 9.50 Å². The largest absolute Gasteiger partial charge is 0.490 e. The predicted molar refractivity (Wildman–Crippen MR) is 86.3 cm³/mol. The van der Waals surface area contributed by atoms with Crippen molar-refractivity contribution in [2.24, 2.45) is 5.41 Å². The van der Waals surface area contributed by atoms with Gasteiger partial charge in [-0.25, -0.2) is 14.1 Å². The van der Waals surface area contributed by atoms with Crippen molar-refractivity contribution >= 4 is 0 Å². The lowest BCUT2D eigenvalue weighted by atomic mass is 9.74. The highest BCUT2D eigenvalue weighted by Crippen LogP contribution is 2.39. The predicted octanol–water partition coefficient (Wildman–Crippen LogP) is 1.63. The second-order valence-corrected chi connectivity index (χ2v) is 6.66. The fourth-order valence-corrected chi connectivity index (χ4v) is 2.75. The van der Waals surface area contributed by atoms with Crippen LogP contribution >= 0.6 is 0 Å². The number of aromatic nitrogens is 3. The van der Waals surface area contributed by atoms with Crippen LogP contribution in [0.3, 0.4) is 0 Å². The lowest BCUT2D eigenvalue weighted by molar-refractivity contribution is -0.215. The normalized spacial score (nSPS) is 18.2. The Morgan fingerprint density at radius 3 is 2.56 bits per heavy atom. The highest BCUT2D eigenvalue weighted by Gasteiger charge is 2.52. The van der Waals surface area contributed by atoms with Gasteiger partial charge >= 0.3 is 0 Å². The van der Waals surface area contributed by atoms with Crippen LogP contribution < -0.4 is 4.74 Å². The van der Waals surface area contributed by atoms with Crippen LogP contribution in [0.25, 0.3) is 0 Å². The fourth-order valence-electron chi connectivity index (χ4n) is 2.75. The van der Waals surface area contributed by atoms with Crippen LogP contribution in [0.5, 0.6) is 5.75 Å². The minimum Gasteiger partial charge on any atom is -0.490 e. The molecule has 0 bridgehead atoms. The van der Waals surface area contributed by atoms with Gasteiger partial charge in [-0.2, -0.15) is 5.10 Å². The third-order valence-corrected chi connectivity index (χ3v) is 4.59. The third-order valence-electron chi connectivity index (χ3n) is 4.59. The van der Waals surface area contributed by atoms with Crippen molar-refractivity contribution in [1.29, 1.82) is 0 Å². The molecule has 1 aliphatic rings. The van der Waals surface area contributed by atoms with E-state index in [1.54, 1.807) is 0 Å². The Morgan fingerprint density at radius 2 is 1.96 bits per heavy atom. The van der Waals surface area contributed by atoms with Crippen LogP contribution in [0.4, 0.5) is 4.39 Å². The second kappa shape index (κ2) is 7.07. The highest BCUT2D eigenvalue weighted by molar-refractivity contribution is 5.22. The van der Waals surface area contributed by atoms with E-state index in [1.165, 1.54) is 41.6 Å². The molecule has 25 heavy (non-hydrogen) atoms. The minimum atomic E-state index is -1.37. The standard InChI is InChI=1S/C17H22FN3O4/c1-16(2,15-23-7-8-24-15)17(22,9-21-12-19-11-20-21)10-25-14-5-3-13(18)4-6-14/h3-6,11-12,15,22H,7-10H2,1-2H3. The van der Waals surface area contributed by atoms with Crippen molar-refractivity contribution in [3.8, 4) is 5.75 Å². The van der Waals surface area contributed by atoms with Crippen molar-refractivity contribution in [2.75, 3.05) is 19.8 Å². The van der Waals surface area contributed by atoms with Gasteiger partial charge < -0.3 is 19.3 Å². The van der Waals surface area contributed by atoms with Crippen molar-refractivity contribution in [2.45, 2.75) is 32.3 Å². The van der Waals surface area contributed by atoms with Gasteiger partial charge in [-0.15, -0.1) is 0 Å². The first-order chi connectivity index (χ1) is 11.9. The highest BCUT2D eigenvalue weighted by atomic mass is 19.1. The molecule has 0 amide bonds. The first-order valence-corrected chi connectivity index (χ1v) is 8.07. The molecule has 0 saturated carbocycles. The van der Waals surface area contributed by atoms with Crippen molar-refractivity contribution in [3.05, 3.63) is 42.7 Å². The van der Waals surface area contributed by atoms with E-state index < -0.39 is 17.3 Å². The summed E-state index contributed by atoms with van der Waals surface area (Å²) < 4.78 is 31.6. The van der Waals surface area contributed by atoms with Gasteiger partial charge in [0.15, 0.2) is 6.29 Å². The average molecular weight is 351 g/mol. The molecular formula is C17H22FN3O4. The number of benzene rings is 1. The maximum Gasteiger partial charge on any atom is 0.165 e. The molecule has 1 fully saturated rings. The molecule has 136 valence electrons. The molecule has 7 nitrogen and oxygen atoms in total. The average Bonchev–Trinajstić information content (AvgIpc) is 3.28. The second-order valence-electron chi connectivity index (χ2n) is 6.66. The zero-order valence-electron chi connectivity index (χ0n) is 14.3. The summed E-state index contributed by atoms with van der Waals surface area (Å²) in [6, 6.07) is 5.64. The smallest absolute Gasteiger partial charge is 0.165 e. The monoisotopic (exact) mass is 351 g/mol. The van der Waals surface area contributed by atoms with Crippen molar-refractivity contribution in [1.82, 2.24) is 14.8 Å². The van der Waals surface area contributed by atoms with Crippen LogP contribution in [-0.2, 0) is 16.0 Å². The Hall–Kier alpha value is -2.03. The van der Waals surface area contributed by atoms with E-state index in [-0.39, 0.29) is 19.0 Å². The maximum atomic E-state index is 13.1. The van der Waals surface area contributed by atoms with Gasteiger partial charge in [0.05, 0.1) is 19.8 Å². The summed E-state index contributed by atoms with van der Waals surface area (Å²) in [4.78, 5) is 3.91. The van der Waals surface area contributed by atoms with Gasteiger partial charge in [0.2, 0.25) is 0 Å². The maximum absolute atomic E-state index is 13.1. The lowest BCUT2D eigenvalue weighted by Gasteiger charge is -2.44. The number of rotatable bonds is 7. The Morgan fingerprint density at radius 1 is 1.28 bits per heavy atom. The zero-order chi connectivity index (χ0) is 17.9. The Balaban J connectivity index is 1.81. The van der Waals surface area contributed by atoms with E-state index in [0.29, 0.717) is 19.0 Å². The Labute approximate surface area is 145 Å². The van der Waals surface area contributed by atoms with E-state index in [4.69, 9.17) is 14.2 Å². The lowest BCUT2D eigenvalue weighted by Crippen LogP contribution is -2.58. The zero-order valence-corrected chi connectivity index (χ0v) is 14.3. The van der Waals surface area contributed by atoms with Crippen molar-refractivity contribution < 1.29 is 23.7 Å². The third kappa shape index (κ3) is 3.81. The number of nitrogens with zero attached hydrogens (tertiary/aromatic N) is 3. The van der Waals surface area contributed by atoms with Crippen molar-refractivity contribution in [3.63, 3.8) is 0 Å². The molecule has 3 rings (SSSR count). The molecule has 1 saturated heterocycles. The topological polar surface area (TPSA) is 78.6 Å². The van der Waals surface area contributed by atoms with E-state index in [0.717, 1.165) is 0 Å². The van der Waals surface area contributed by atoms with Crippen LogP contribution in [0.15, 0.2) is 36.9 Å². The van der Waals surface area contributed by atoms with Gasteiger partial charge in [-0.05, 0) is 24.3 Å². The molecule has 0 spiro atoms. The summed E-state index contributed by atoms with van der Waals surface area (Å²) in [5.74, 6) is 0.112. The molecule has 1 aliphatic heterocycles. The molecule has 2 aromatic rings. The Kier molecular flexibility index (Phi) is 5.03. The molecule has 8 heteroatoms. The molecule has 1 atom stereocenters. The SMILES string of the molecule is CC(C)(C1OCCO1)C(O)(COc1ccc(F)cc1)Cn1cncn1. The van der Waals surface area contributed by atoms with Crippen LogP contribution in [-0.4, -0.2) is 51.6 Å². The summed E-state index contributed by atoms with van der Waals surface area (Å²) in [5, 5.41) is 15.5. The number of halogens is 1. The van der Waals surface area contributed by atoms with Gasteiger partial charge in [-0.3, -0.25) is 0 Å². The molecule has 1 aromatic heterocycles. The summed E-state index contributed by atoms with van der Waals surface area (Å²) >= 11 is 0. The summed E-state index contributed by atoms with van der Waals surface area (Å²) in [7, 11) is 0. The Bertz CT molecular complexity index is 672. The molecule has 0 radical (unpaired) electrons. The van der Waals surface area contributed by atoms with E-state index in [2.05, 4.69) is 10.1 Å². The molecule has 1 unspecified atom stereocenters. The summed E-state index contributed by atoms with van der Waals surface area (Å²) in [6.07, 6.45) is 2.35. The molecule has 2 heterocycles. The van der Waals surface area contributed by atoms with Gasteiger partial charge in [0.1, 0.15) is 36.4 Å². The molecule has 1 N–H and O–H groups in total. The summed E-state index contributed by atoms with van der Waals surface area (Å²) in [6.45, 7) is 4.76. The molecular weight excluding hydrogens is 329 g/mol. The number of hydrogen-bond donors (Lipinski definition) is 1. The van der Waals surface area contributed by atoms with Crippen LogP contribution in [0, 0.1) is 11.2 Å². The van der Waals surface area contributed by atoms with Crippen LogP contribution in [0.1, 0.15) is 13.8 Å². The molecule has 1 aromatic carbocycles. The molecule has 0 aliphatic carbocycles. The van der Waals surface area contributed by atoms with Gasteiger partial charge in [0.25, 0.3) is 0 Å². The van der Waals surface area contributed by atoms with E-state index in [1.807, 2.05) is 13.8 Å².